The Kier molecular flexibility index (Phi) is 7.02. The second kappa shape index (κ2) is 7.74. The minimum atomic E-state index is -0.365. The Morgan fingerprint density at radius 3 is 2.88 bits per heavy atom. The third-order valence-electron chi connectivity index (χ3n) is 2.81. The van der Waals surface area contributed by atoms with Gasteiger partial charge < -0.3 is 15.7 Å². The number of thioether (sulfide) groups is 2. The monoisotopic (exact) mass is 298 g/mol. The van der Waals surface area contributed by atoms with Crippen LogP contribution in [0.15, 0.2) is 0 Å². The van der Waals surface area contributed by atoms with Crippen LogP contribution in [0.5, 0.6) is 0 Å². The summed E-state index contributed by atoms with van der Waals surface area (Å²) >= 11 is 3.90. The Balaban J connectivity index is 0.00000144. The summed E-state index contributed by atoms with van der Waals surface area (Å²) in [5, 5.41) is 15.9. The molecule has 2 aliphatic heterocycles. The molecule has 0 saturated carbocycles. The largest absolute Gasteiger partial charge is 0.392 e. The van der Waals surface area contributed by atoms with E-state index in [9.17, 15) is 9.90 Å². The van der Waals surface area contributed by atoms with Crippen molar-refractivity contribution in [1.82, 2.24) is 10.6 Å². The Hall–Kier alpha value is 0.380. The summed E-state index contributed by atoms with van der Waals surface area (Å²) in [5.41, 5.74) is 0. The molecule has 0 aromatic carbocycles. The van der Waals surface area contributed by atoms with E-state index in [-0.39, 0.29) is 30.5 Å². The van der Waals surface area contributed by atoms with Crippen LogP contribution in [-0.4, -0.2) is 58.8 Å². The molecule has 2 heterocycles. The van der Waals surface area contributed by atoms with Crippen molar-refractivity contribution in [1.29, 1.82) is 0 Å². The maximum Gasteiger partial charge on any atom is 0.237 e. The number of β-amino-alcohol motifs (C(OH)–C–C–N with tert-alkyl or cyclic N) is 1. The number of aliphatic hydroxyl groups is 1. The molecule has 2 fully saturated rings. The molecule has 3 atom stereocenters. The van der Waals surface area contributed by atoms with E-state index in [1.165, 1.54) is 11.5 Å². The van der Waals surface area contributed by atoms with Crippen LogP contribution >= 0.6 is 35.9 Å². The van der Waals surface area contributed by atoms with E-state index in [4.69, 9.17) is 0 Å². The van der Waals surface area contributed by atoms with Crippen molar-refractivity contribution in [3.8, 4) is 0 Å². The predicted molar refractivity (Wildman–Crippen MR) is 76.2 cm³/mol. The molecule has 0 bridgehead atoms. The SMILES string of the molecule is Cl.O=C(NCC1CSCCS1)C1CC(O)CN1. The van der Waals surface area contributed by atoms with Gasteiger partial charge in [-0.3, -0.25) is 4.79 Å². The van der Waals surface area contributed by atoms with Gasteiger partial charge in [0.1, 0.15) is 0 Å². The third kappa shape index (κ3) is 4.87. The van der Waals surface area contributed by atoms with E-state index in [0.717, 1.165) is 12.3 Å². The summed E-state index contributed by atoms with van der Waals surface area (Å²) in [6.07, 6.45) is 0.175. The Labute approximate surface area is 116 Å². The first-order valence-electron chi connectivity index (χ1n) is 5.64. The molecule has 1 amide bonds. The highest BCUT2D eigenvalue weighted by Gasteiger charge is 2.28. The number of carbonyl (C=O) groups excluding carboxylic acids is 1. The van der Waals surface area contributed by atoms with Crippen LogP contribution in [0.2, 0.25) is 0 Å². The zero-order chi connectivity index (χ0) is 11.4. The molecular weight excluding hydrogens is 280 g/mol. The van der Waals surface area contributed by atoms with E-state index in [1.807, 2.05) is 23.5 Å². The number of nitrogens with one attached hydrogen (secondary N) is 2. The van der Waals surface area contributed by atoms with Crippen molar-refractivity contribution in [2.45, 2.75) is 23.8 Å². The maximum absolute atomic E-state index is 11.7. The quantitative estimate of drug-likeness (QED) is 0.690. The van der Waals surface area contributed by atoms with Gasteiger partial charge in [-0.15, -0.1) is 12.4 Å². The molecule has 0 spiro atoms. The molecule has 17 heavy (non-hydrogen) atoms. The molecular formula is C10H19ClN2O2S2. The minimum Gasteiger partial charge on any atom is -0.392 e. The zero-order valence-corrected chi connectivity index (χ0v) is 12.0. The fraction of sp³-hybridized carbons (Fsp3) is 0.900. The number of carbonyl (C=O) groups is 1. The molecule has 4 nitrogen and oxygen atoms in total. The number of hydrogen-bond acceptors (Lipinski definition) is 5. The summed E-state index contributed by atoms with van der Waals surface area (Å²) in [4.78, 5) is 11.7. The lowest BCUT2D eigenvalue weighted by atomic mass is 10.2. The molecule has 0 aromatic heterocycles. The van der Waals surface area contributed by atoms with Crippen LogP contribution in [-0.2, 0) is 4.79 Å². The maximum atomic E-state index is 11.7. The van der Waals surface area contributed by atoms with E-state index in [1.54, 1.807) is 0 Å². The summed E-state index contributed by atoms with van der Waals surface area (Å²) < 4.78 is 0. The molecule has 2 aliphatic rings. The Morgan fingerprint density at radius 2 is 2.29 bits per heavy atom. The van der Waals surface area contributed by atoms with E-state index < -0.39 is 0 Å². The van der Waals surface area contributed by atoms with Crippen LogP contribution in [0.25, 0.3) is 0 Å². The summed E-state index contributed by atoms with van der Waals surface area (Å²) in [5.74, 6) is 3.58. The van der Waals surface area contributed by atoms with Crippen LogP contribution < -0.4 is 10.6 Å². The first-order chi connectivity index (χ1) is 7.75. The molecule has 0 aliphatic carbocycles. The van der Waals surface area contributed by atoms with Crippen molar-refractivity contribution in [2.24, 2.45) is 0 Å². The van der Waals surface area contributed by atoms with Crippen LogP contribution in [0.3, 0.4) is 0 Å². The van der Waals surface area contributed by atoms with E-state index in [2.05, 4.69) is 10.6 Å². The molecule has 3 unspecified atom stereocenters. The lowest BCUT2D eigenvalue weighted by Crippen LogP contribution is -2.43. The highest BCUT2D eigenvalue weighted by atomic mass is 35.5. The Bertz CT molecular complexity index is 252. The van der Waals surface area contributed by atoms with E-state index >= 15 is 0 Å². The van der Waals surface area contributed by atoms with Gasteiger partial charge in [0, 0.05) is 35.6 Å². The zero-order valence-electron chi connectivity index (χ0n) is 9.55. The fourth-order valence-corrected chi connectivity index (χ4v) is 4.52. The standard InChI is InChI=1S/C10H18N2O2S2.ClH/c13-7-3-9(11-4-7)10(14)12-5-8-6-15-1-2-16-8;/h7-9,11,13H,1-6H2,(H,12,14);1H. The lowest BCUT2D eigenvalue weighted by Gasteiger charge is -2.22. The van der Waals surface area contributed by atoms with E-state index in [0.29, 0.717) is 18.2 Å². The van der Waals surface area contributed by atoms with Gasteiger partial charge in [0.25, 0.3) is 0 Å². The van der Waals surface area contributed by atoms with Gasteiger partial charge in [-0.05, 0) is 6.42 Å². The minimum absolute atomic E-state index is 0. The summed E-state index contributed by atoms with van der Waals surface area (Å²) in [6, 6.07) is -0.198. The smallest absolute Gasteiger partial charge is 0.237 e. The highest BCUT2D eigenvalue weighted by molar-refractivity contribution is 8.06. The number of rotatable bonds is 3. The van der Waals surface area contributed by atoms with Gasteiger partial charge in [0.15, 0.2) is 0 Å². The van der Waals surface area contributed by atoms with Gasteiger partial charge in [0.05, 0.1) is 12.1 Å². The topological polar surface area (TPSA) is 61.4 Å². The number of aliphatic hydroxyl groups excluding tert-OH is 1. The highest BCUT2D eigenvalue weighted by Crippen LogP contribution is 2.23. The Morgan fingerprint density at radius 1 is 1.47 bits per heavy atom. The summed E-state index contributed by atoms with van der Waals surface area (Å²) in [7, 11) is 0. The predicted octanol–water partition coefficient (Wildman–Crippen LogP) is 0.0958. The number of amides is 1. The first-order valence-corrected chi connectivity index (χ1v) is 7.84. The molecule has 100 valence electrons. The average molecular weight is 299 g/mol. The van der Waals surface area contributed by atoms with Gasteiger partial charge in [-0.2, -0.15) is 23.5 Å². The van der Waals surface area contributed by atoms with Crippen LogP contribution in [0.1, 0.15) is 6.42 Å². The van der Waals surface area contributed by atoms with Crippen molar-refractivity contribution in [2.75, 3.05) is 30.3 Å². The fourth-order valence-electron chi connectivity index (χ4n) is 1.91. The normalized spacial score (nSPS) is 32.9. The van der Waals surface area contributed by atoms with Crippen LogP contribution in [0.4, 0.5) is 0 Å². The van der Waals surface area contributed by atoms with Gasteiger partial charge in [0.2, 0.25) is 5.91 Å². The van der Waals surface area contributed by atoms with Gasteiger partial charge >= 0.3 is 0 Å². The third-order valence-corrected chi connectivity index (χ3v) is 5.66. The lowest BCUT2D eigenvalue weighted by molar-refractivity contribution is -0.122. The number of hydrogen-bond donors (Lipinski definition) is 3. The molecule has 0 radical (unpaired) electrons. The second-order valence-electron chi connectivity index (χ2n) is 4.16. The van der Waals surface area contributed by atoms with Crippen molar-refractivity contribution < 1.29 is 9.90 Å². The molecule has 2 rings (SSSR count). The van der Waals surface area contributed by atoms with Crippen molar-refractivity contribution in [3.05, 3.63) is 0 Å². The van der Waals surface area contributed by atoms with Crippen molar-refractivity contribution >= 4 is 41.8 Å². The molecule has 0 aromatic rings. The van der Waals surface area contributed by atoms with Crippen LogP contribution in [0, 0.1) is 0 Å². The summed E-state index contributed by atoms with van der Waals surface area (Å²) in [6.45, 7) is 1.29. The molecule has 3 N–H and O–H groups in total. The first kappa shape index (κ1) is 15.4. The van der Waals surface area contributed by atoms with Gasteiger partial charge in [-0.25, -0.2) is 0 Å². The molecule has 7 heteroatoms. The van der Waals surface area contributed by atoms with Gasteiger partial charge in [-0.1, -0.05) is 0 Å². The average Bonchev–Trinajstić information content (AvgIpc) is 2.74. The van der Waals surface area contributed by atoms with Crippen molar-refractivity contribution in [3.63, 3.8) is 0 Å². The molecule has 2 saturated heterocycles. The second-order valence-corrected chi connectivity index (χ2v) is 6.72. The number of halogens is 1.